The van der Waals surface area contributed by atoms with Gasteiger partial charge in [0.2, 0.25) is 5.91 Å². The number of carbonyl (C=O) groups excluding carboxylic acids is 2. The normalized spacial score (nSPS) is 11.5. The molecule has 37 heavy (non-hydrogen) atoms. The maximum Gasteiger partial charge on any atom is 0.303 e. The molecule has 2 amide bonds. The van der Waals surface area contributed by atoms with Gasteiger partial charge < -0.3 is 35.4 Å². The Bertz CT molecular complexity index is 979. The zero-order valence-electron chi connectivity index (χ0n) is 21.8. The van der Waals surface area contributed by atoms with Crippen molar-refractivity contribution < 1.29 is 29.0 Å². The van der Waals surface area contributed by atoms with Crippen molar-refractivity contribution in [3.8, 4) is 11.5 Å². The van der Waals surface area contributed by atoms with Crippen LogP contribution in [0.4, 0.5) is 5.69 Å². The lowest BCUT2D eigenvalue weighted by atomic mass is 10.1. The van der Waals surface area contributed by atoms with E-state index in [9.17, 15) is 14.4 Å². The minimum absolute atomic E-state index is 0.0448. The number of anilines is 1. The van der Waals surface area contributed by atoms with Crippen LogP contribution in [0.2, 0.25) is 0 Å². The molecule has 2 rings (SSSR count). The first-order chi connectivity index (χ1) is 17.8. The third-order valence-electron chi connectivity index (χ3n) is 5.42. The molecule has 0 bridgehead atoms. The molecule has 0 radical (unpaired) electrons. The van der Waals surface area contributed by atoms with Crippen molar-refractivity contribution >= 4 is 23.5 Å². The van der Waals surface area contributed by atoms with Gasteiger partial charge in [-0.05, 0) is 81.9 Å². The minimum Gasteiger partial charge on any atom is -0.497 e. The second-order valence-electron chi connectivity index (χ2n) is 8.81. The predicted octanol–water partition coefficient (Wildman–Crippen LogP) is 2.49. The highest BCUT2D eigenvalue weighted by Gasteiger charge is 2.20. The van der Waals surface area contributed by atoms with E-state index >= 15 is 0 Å². The number of carboxylic acid groups (broad SMARTS) is 1. The van der Waals surface area contributed by atoms with Crippen molar-refractivity contribution in [3.63, 3.8) is 0 Å². The molecule has 2 aromatic rings. The van der Waals surface area contributed by atoms with E-state index in [2.05, 4.69) is 16.0 Å². The van der Waals surface area contributed by atoms with E-state index in [0.717, 1.165) is 17.9 Å². The molecule has 10 nitrogen and oxygen atoms in total. The van der Waals surface area contributed by atoms with Crippen LogP contribution in [0.1, 0.15) is 31.2 Å². The zero-order chi connectivity index (χ0) is 27.0. The van der Waals surface area contributed by atoms with Crippen molar-refractivity contribution in [1.29, 1.82) is 0 Å². The number of benzene rings is 2. The quantitative estimate of drug-likeness (QED) is 0.187. The molecule has 0 aromatic heterocycles. The number of hydrogen-bond acceptors (Lipinski definition) is 7. The largest absolute Gasteiger partial charge is 0.497 e. The molecule has 1 atom stereocenters. The molecule has 10 heteroatoms. The van der Waals surface area contributed by atoms with Crippen molar-refractivity contribution in [2.75, 3.05) is 46.2 Å². The average Bonchev–Trinajstić information content (AvgIpc) is 2.87. The predicted molar refractivity (Wildman–Crippen MR) is 142 cm³/mol. The summed E-state index contributed by atoms with van der Waals surface area (Å²) in [6.07, 6.45) is 1.12. The Morgan fingerprint density at radius 3 is 2.24 bits per heavy atom. The minimum atomic E-state index is -0.954. The summed E-state index contributed by atoms with van der Waals surface area (Å²) in [5, 5.41) is 17.5. The lowest BCUT2D eigenvalue weighted by Crippen LogP contribution is -2.51. The number of carbonyl (C=O) groups is 3. The van der Waals surface area contributed by atoms with Gasteiger partial charge in [0.25, 0.3) is 5.91 Å². The van der Waals surface area contributed by atoms with Gasteiger partial charge >= 0.3 is 5.97 Å². The third-order valence-corrected chi connectivity index (χ3v) is 5.42. The van der Waals surface area contributed by atoms with Crippen LogP contribution in [-0.4, -0.2) is 74.9 Å². The Morgan fingerprint density at radius 2 is 1.62 bits per heavy atom. The number of hydrogen-bond donors (Lipinski definition) is 4. The highest BCUT2D eigenvalue weighted by Crippen LogP contribution is 2.17. The number of methoxy groups -OCH3 is 1. The fourth-order valence-electron chi connectivity index (χ4n) is 3.41. The Balaban J connectivity index is 1.94. The van der Waals surface area contributed by atoms with Crippen LogP contribution >= 0.6 is 0 Å². The lowest BCUT2D eigenvalue weighted by Gasteiger charge is -2.21. The zero-order valence-corrected chi connectivity index (χ0v) is 21.8. The second kappa shape index (κ2) is 16.1. The maximum atomic E-state index is 13.0. The van der Waals surface area contributed by atoms with Gasteiger partial charge in [0.05, 0.1) is 13.7 Å². The van der Waals surface area contributed by atoms with Gasteiger partial charge in [-0.25, -0.2) is 0 Å². The molecule has 0 aliphatic heterocycles. The van der Waals surface area contributed by atoms with Crippen LogP contribution in [0.5, 0.6) is 11.5 Å². The number of carboxylic acids is 1. The molecule has 0 heterocycles. The summed E-state index contributed by atoms with van der Waals surface area (Å²) in [4.78, 5) is 38.1. The van der Waals surface area contributed by atoms with Crippen LogP contribution < -0.4 is 25.4 Å². The smallest absolute Gasteiger partial charge is 0.303 e. The fourth-order valence-corrected chi connectivity index (χ4v) is 3.41. The molecule has 4 N–H and O–H groups in total. The molecule has 0 fully saturated rings. The van der Waals surface area contributed by atoms with Crippen LogP contribution in [0.25, 0.3) is 0 Å². The van der Waals surface area contributed by atoms with Gasteiger partial charge in [-0.15, -0.1) is 0 Å². The first kappa shape index (κ1) is 29.4. The summed E-state index contributed by atoms with van der Waals surface area (Å²) >= 11 is 0. The van der Waals surface area contributed by atoms with Gasteiger partial charge in [0.1, 0.15) is 11.5 Å². The molecule has 1 unspecified atom stereocenters. The molecule has 0 aliphatic carbocycles. The molecule has 202 valence electrons. The van der Waals surface area contributed by atoms with E-state index < -0.39 is 12.1 Å². The Hall–Kier alpha value is -3.79. The summed E-state index contributed by atoms with van der Waals surface area (Å²) in [6, 6.07) is 14.5. The van der Waals surface area contributed by atoms with Crippen molar-refractivity contribution in [2.24, 2.45) is 0 Å². The van der Waals surface area contributed by atoms with E-state index in [4.69, 9.17) is 14.6 Å². The second-order valence-corrected chi connectivity index (χ2v) is 8.81. The van der Waals surface area contributed by atoms with Crippen LogP contribution in [0, 0.1) is 0 Å². The van der Waals surface area contributed by atoms with E-state index in [1.54, 1.807) is 31.4 Å². The third kappa shape index (κ3) is 12.1. The molecule has 0 spiro atoms. The van der Waals surface area contributed by atoms with Crippen LogP contribution in [0.15, 0.2) is 48.5 Å². The highest BCUT2D eigenvalue weighted by molar-refractivity contribution is 5.89. The van der Waals surface area contributed by atoms with E-state index in [-0.39, 0.29) is 18.2 Å². The highest BCUT2D eigenvalue weighted by atomic mass is 16.5. The number of aliphatic carboxylic acids is 1. The summed E-state index contributed by atoms with van der Waals surface area (Å²) in [5.41, 5.74) is 1.68. The van der Waals surface area contributed by atoms with Crippen molar-refractivity contribution in [2.45, 2.75) is 38.3 Å². The summed E-state index contributed by atoms with van der Waals surface area (Å²) < 4.78 is 10.7. The lowest BCUT2D eigenvalue weighted by molar-refractivity contribution is -0.137. The van der Waals surface area contributed by atoms with Gasteiger partial charge in [-0.3, -0.25) is 14.4 Å². The first-order valence-electron chi connectivity index (χ1n) is 12.3. The number of ether oxygens (including phenoxy) is 2. The number of amides is 2. The molecule has 2 aromatic carbocycles. The number of nitrogens with zero attached hydrogens (tertiary/aromatic N) is 1. The monoisotopic (exact) mass is 514 g/mol. The van der Waals surface area contributed by atoms with Crippen molar-refractivity contribution in [3.05, 3.63) is 54.1 Å². The Morgan fingerprint density at radius 1 is 0.946 bits per heavy atom. The molecule has 0 aliphatic rings. The molecule has 0 saturated carbocycles. The fraction of sp³-hybridized carbons (Fsp3) is 0.444. The van der Waals surface area contributed by atoms with Gasteiger partial charge in [0, 0.05) is 25.1 Å². The molecular weight excluding hydrogens is 476 g/mol. The number of nitrogens with one attached hydrogen (secondary N) is 3. The number of rotatable bonds is 17. The van der Waals surface area contributed by atoms with Crippen LogP contribution in [-0.2, 0) is 20.8 Å². The summed E-state index contributed by atoms with van der Waals surface area (Å²) in [5.74, 6) is -0.0680. The Labute approximate surface area is 218 Å². The average molecular weight is 515 g/mol. The summed E-state index contributed by atoms with van der Waals surface area (Å²) in [7, 11) is 5.50. The molecular formula is C27H38N4O6. The van der Waals surface area contributed by atoms with Crippen LogP contribution in [0.3, 0.4) is 0 Å². The van der Waals surface area contributed by atoms with Gasteiger partial charge in [-0.2, -0.15) is 0 Å². The molecule has 0 saturated heterocycles. The summed E-state index contributed by atoms with van der Waals surface area (Å²) in [6.45, 7) is 1.47. The maximum absolute atomic E-state index is 13.0. The van der Waals surface area contributed by atoms with E-state index in [0.29, 0.717) is 50.3 Å². The van der Waals surface area contributed by atoms with Crippen molar-refractivity contribution in [1.82, 2.24) is 15.5 Å². The first-order valence-corrected chi connectivity index (χ1v) is 12.3. The SMILES string of the molecule is COc1ccc(CCNC(=O)C(NC(=O)CCCN(C)C)Nc2ccc(OCCCC(=O)O)cc2)cc1. The Kier molecular flexibility index (Phi) is 12.8. The van der Waals surface area contributed by atoms with E-state index in [1.165, 1.54) is 0 Å². The topological polar surface area (TPSA) is 129 Å². The van der Waals surface area contributed by atoms with Gasteiger partial charge in [-0.1, -0.05) is 12.1 Å². The van der Waals surface area contributed by atoms with Gasteiger partial charge in [0.15, 0.2) is 6.17 Å². The van der Waals surface area contributed by atoms with E-state index in [1.807, 2.05) is 43.3 Å². The standard InChI is InChI=1S/C27H38N4O6/c1-31(2)18-4-6-24(32)30-26(27(35)28-17-16-20-8-12-22(36-3)13-9-20)29-21-10-14-23(15-11-21)37-19-5-7-25(33)34/h8-15,26,29H,4-7,16-19H2,1-3H3,(H,28,35)(H,30,32)(H,33,34).